The standard InChI is InChI=1S/C15H22N4/c1-12-9-13(11-16)10-15(18-12)19-8-4-3-5-14(19)6-7-17-2/h9-10,14,17H,3-8H2,1-2H3. The lowest BCUT2D eigenvalue weighted by molar-refractivity contribution is 0.430. The summed E-state index contributed by atoms with van der Waals surface area (Å²) in [5, 5.41) is 12.3. The van der Waals surface area contributed by atoms with Gasteiger partial charge in [-0.15, -0.1) is 0 Å². The van der Waals surface area contributed by atoms with Crippen molar-refractivity contribution in [3.8, 4) is 6.07 Å². The lowest BCUT2D eigenvalue weighted by Gasteiger charge is -2.37. The molecular weight excluding hydrogens is 236 g/mol. The zero-order valence-corrected chi connectivity index (χ0v) is 11.8. The fourth-order valence-corrected chi connectivity index (χ4v) is 2.78. The van der Waals surface area contributed by atoms with Crippen molar-refractivity contribution >= 4 is 5.82 Å². The molecule has 1 unspecified atom stereocenters. The molecule has 1 aromatic heterocycles. The minimum absolute atomic E-state index is 0.544. The molecule has 0 amide bonds. The summed E-state index contributed by atoms with van der Waals surface area (Å²) in [4.78, 5) is 7.00. The summed E-state index contributed by atoms with van der Waals surface area (Å²) in [6.07, 6.45) is 4.86. The number of nitrogens with one attached hydrogen (secondary N) is 1. The first-order valence-electron chi connectivity index (χ1n) is 7.04. The van der Waals surface area contributed by atoms with Crippen molar-refractivity contribution in [1.82, 2.24) is 10.3 Å². The molecule has 0 aromatic carbocycles. The van der Waals surface area contributed by atoms with Gasteiger partial charge in [-0.05, 0) is 58.3 Å². The maximum atomic E-state index is 9.09. The maximum Gasteiger partial charge on any atom is 0.130 e. The van der Waals surface area contributed by atoms with Crippen LogP contribution in [-0.2, 0) is 0 Å². The lowest BCUT2D eigenvalue weighted by Crippen LogP contribution is -2.41. The van der Waals surface area contributed by atoms with Gasteiger partial charge in [0.1, 0.15) is 5.82 Å². The number of rotatable bonds is 4. The first-order valence-corrected chi connectivity index (χ1v) is 7.04. The van der Waals surface area contributed by atoms with Crippen molar-refractivity contribution in [2.24, 2.45) is 0 Å². The van der Waals surface area contributed by atoms with Gasteiger partial charge in [0, 0.05) is 18.3 Å². The van der Waals surface area contributed by atoms with Crippen LogP contribution in [-0.4, -0.2) is 31.2 Å². The van der Waals surface area contributed by atoms with Crippen molar-refractivity contribution < 1.29 is 0 Å². The Labute approximate surface area is 115 Å². The summed E-state index contributed by atoms with van der Waals surface area (Å²) in [6, 6.07) is 6.53. The van der Waals surface area contributed by atoms with Gasteiger partial charge in [0.05, 0.1) is 11.6 Å². The fourth-order valence-electron chi connectivity index (χ4n) is 2.78. The minimum atomic E-state index is 0.544. The number of nitriles is 1. The molecule has 1 aliphatic heterocycles. The summed E-state index contributed by atoms with van der Waals surface area (Å²) in [6.45, 7) is 4.03. The predicted molar refractivity (Wildman–Crippen MR) is 77.2 cm³/mol. The SMILES string of the molecule is CNCCC1CCCCN1c1cc(C#N)cc(C)n1. The van der Waals surface area contributed by atoms with Gasteiger partial charge in [0.2, 0.25) is 0 Å². The number of hydrogen-bond donors (Lipinski definition) is 1. The van der Waals surface area contributed by atoms with Gasteiger partial charge in [-0.3, -0.25) is 0 Å². The van der Waals surface area contributed by atoms with Crippen molar-refractivity contribution in [3.05, 3.63) is 23.4 Å². The molecular formula is C15H22N4. The predicted octanol–water partition coefficient (Wildman–Crippen LogP) is 2.23. The molecule has 0 saturated carbocycles. The van der Waals surface area contributed by atoms with Crippen LogP contribution in [0.25, 0.3) is 0 Å². The molecule has 4 nitrogen and oxygen atoms in total. The normalized spacial score (nSPS) is 19.2. The monoisotopic (exact) mass is 258 g/mol. The second kappa shape index (κ2) is 6.53. The number of aromatic nitrogens is 1. The maximum absolute atomic E-state index is 9.09. The van der Waals surface area contributed by atoms with Gasteiger partial charge in [-0.1, -0.05) is 0 Å². The van der Waals surface area contributed by atoms with Crippen LogP contribution in [0.5, 0.6) is 0 Å². The van der Waals surface area contributed by atoms with Crippen LogP contribution < -0.4 is 10.2 Å². The van der Waals surface area contributed by atoms with E-state index in [1.807, 2.05) is 26.1 Å². The zero-order valence-electron chi connectivity index (χ0n) is 11.8. The van der Waals surface area contributed by atoms with Crippen LogP contribution in [0, 0.1) is 18.3 Å². The summed E-state index contributed by atoms with van der Waals surface area (Å²) < 4.78 is 0. The highest BCUT2D eigenvalue weighted by Gasteiger charge is 2.23. The van der Waals surface area contributed by atoms with Gasteiger partial charge < -0.3 is 10.2 Å². The Morgan fingerprint density at radius 1 is 1.47 bits per heavy atom. The van der Waals surface area contributed by atoms with Crippen molar-refractivity contribution in [3.63, 3.8) is 0 Å². The molecule has 0 aliphatic carbocycles. The third kappa shape index (κ3) is 3.45. The van der Waals surface area contributed by atoms with Crippen LogP contribution >= 0.6 is 0 Å². The van der Waals surface area contributed by atoms with Crippen LogP contribution in [0.15, 0.2) is 12.1 Å². The molecule has 1 atom stereocenters. The molecule has 1 saturated heterocycles. The Hall–Kier alpha value is -1.60. The molecule has 19 heavy (non-hydrogen) atoms. The molecule has 0 radical (unpaired) electrons. The van der Waals surface area contributed by atoms with E-state index in [1.165, 1.54) is 19.3 Å². The van der Waals surface area contributed by atoms with E-state index in [4.69, 9.17) is 5.26 Å². The van der Waals surface area contributed by atoms with Gasteiger partial charge in [-0.25, -0.2) is 4.98 Å². The molecule has 4 heteroatoms. The average molecular weight is 258 g/mol. The molecule has 1 aliphatic rings. The Bertz CT molecular complexity index is 464. The van der Waals surface area contributed by atoms with Crippen molar-refractivity contribution in [1.29, 1.82) is 5.26 Å². The molecule has 102 valence electrons. The average Bonchev–Trinajstić information content (AvgIpc) is 2.44. The molecule has 1 aromatic rings. The van der Waals surface area contributed by atoms with Gasteiger partial charge in [-0.2, -0.15) is 5.26 Å². The molecule has 1 fully saturated rings. The topological polar surface area (TPSA) is 52.0 Å². The highest BCUT2D eigenvalue weighted by Crippen LogP contribution is 2.25. The van der Waals surface area contributed by atoms with Crippen molar-refractivity contribution in [2.75, 3.05) is 25.0 Å². The summed E-state index contributed by atoms with van der Waals surface area (Å²) in [7, 11) is 1.99. The van der Waals surface area contributed by atoms with Gasteiger partial charge in [0.25, 0.3) is 0 Å². The number of anilines is 1. The number of nitrogens with zero attached hydrogens (tertiary/aromatic N) is 3. The molecule has 0 bridgehead atoms. The van der Waals surface area contributed by atoms with Crippen LogP contribution in [0.2, 0.25) is 0 Å². The van der Waals surface area contributed by atoms with Crippen LogP contribution in [0.4, 0.5) is 5.82 Å². The van der Waals surface area contributed by atoms with E-state index in [0.717, 1.165) is 31.0 Å². The largest absolute Gasteiger partial charge is 0.354 e. The van der Waals surface area contributed by atoms with E-state index in [1.54, 1.807) is 0 Å². The second-order valence-corrected chi connectivity index (χ2v) is 5.20. The van der Waals surface area contributed by atoms with E-state index >= 15 is 0 Å². The zero-order chi connectivity index (χ0) is 13.7. The van der Waals surface area contributed by atoms with E-state index in [9.17, 15) is 0 Å². The van der Waals surface area contributed by atoms with Gasteiger partial charge in [0.15, 0.2) is 0 Å². The second-order valence-electron chi connectivity index (χ2n) is 5.20. The Morgan fingerprint density at radius 2 is 2.32 bits per heavy atom. The number of piperidine rings is 1. The quantitative estimate of drug-likeness (QED) is 0.900. The number of pyridine rings is 1. The summed E-state index contributed by atoms with van der Waals surface area (Å²) >= 11 is 0. The summed E-state index contributed by atoms with van der Waals surface area (Å²) in [5.74, 6) is 0.970. The van der Waals surface area contributed by atoms with E-state index < -0.39 is 0 Å². The van der Waals surface area contributed by atoms with E-state index in [-0.39, 0.29) is 0 Å². The van der Waals surface area contributed by atoms with Gasteiger partial charge >= 0.3 is 0 Å². The first-order chi connectivity index (χ1) is 9.24. The van der Waals surface area contributed by atoms with Crippen molar-refractivity contribution in [2.45, 2.75) is 38.6 Å². The highest BCUT2D eigenvalue weighted by molar-refractivity contribution is 5.47. The Balaban J connectivity index is 2.21. The number of aryl methyl sites for hydroxylation is 1. The number of hydrogen-bond acceptors (Lipinski definition) is 4. The molecule has 2 heterocycles. The van der Waals surface area contributed by atoms with E-state index in [0.29, 0.717) is 11.6 Å². The third-order valence-electron chi connectivity index (χ3n) is 3.72. The third-order valence-corrected chi connectivity index (χ3v) is 3.72. The highest BCUT2D eigenvalue weighted by atomic mass is 15.2. The van der Waals surface area contributed by atoms with E-state index in [2.05, 4.69) is 21.3 Å². The van der Waals surface area contributed by atoms with Crippen LogP contribution in [0.1, 0.15) is 36.9 Å². The first kappa shape index (κ1) is 13.8. The molecule has 1 N–H and O–H groups in total. The smallest absolute Gasteiger partial charge is 0.130 e. The molecule has 2 rings (SSSR count). The fraction of sp³-hybridized carbons (Fsp3) is 0.600. The van der Waals surface area contributed by atoms with Crippen LogP contribution in [0.3, 0.4) is 0 Å². The Morgan fingerprint density at radius 3 is 3.05 bits per heavy atom. The summed E-state index contributed by atoms with van der Waals surface area (Å²) in [5.41, 5.74) is 1.63. The molecule has 0 spiro atoms. The Kier molecular flexibility index (Phi) is 4.75. The lowest BCUT2D eigenvalue weighted by atomic mass is 9.99. The minimum Gasteiger partial charge on any atom is -0.354 e.